The topological polar surface area (TPSA) is 64.7 Å². The van der Waals surface area contributed by atoms with Crippen LogP contribution < -0.4 is 10.6 Å². The highest BCUT2D eigenvalue weighted by Gasteiger charge is 2.22. The first-order chi connectivity index (χ1) is 7.19. The summed E-state index contributed by atoms with van der Waals surface area (Å²) in [5, 5.41) is 5.31. The highest BCUT2D eigenvalue weighted by Crippen LogP contribution is 2.01. The molecule has 0 aromatic carbocycles. The predicted molar refractivity (Wildman–Crippen MR) is 56.7 cm³/mol. The van der Waals surface area contributed by atoms with Crippen molar-refractivity contribution in [3.63, 3.8) is 0 Å². The van der Waals surface area contributed by atoms with E-state index in [1.807, 2.05) is 6.92 Å². The van der Waals surface area contributed by atoms with Crippen molar-refractivity contribution < 1.29 is 9.59 Å². The molecule has 0 atom stereocenters. The Labute approximate surface area is 89.6 Å². The Balaban J connectivity index is 2.35. The molecule has 1 saturated heterocycles. The number of hydrogen-bond donors (Lipinski definition) is 2. The number of amides is 4. The first-order valence-corrected chi connectivity index (χ1v) is 5.18. The molecule has 1 rings (SSSR count). The number of urea groups is 2. The van der Waals surface area contributed by atoms with Crippen LogP contribution in [-0.2, 0) is 0 Å². The van der Waals surface area contributed by atoms with E-state index in [9.17, 15) is 9.59 Å². The minimum atomic E-state index is -0.0782. The summed E-state index contributed by atoms with van der Waals surface area (Å²) in [6.07, 6.45) is 0. The summed E-state index contributed by atoms with van der Waals surface area (Å²) in [5.74, 6) is 0. The molecule has 0 aromatic heterocycles. The molecule has 6 nitrogen and oxygen atoms in total. The normalized spacial score (nSPS) is 16.1. The van der Waals surface area contributed by atoms with Crippen molar-refractivity contribution in [1.82, 2.24) is 20.4 Å². The van der Waals surface area contributed by atoms with Crippen LogP contribution in [0, 0.1) is 0 Å². The van der Waals surface area contributed by atoms with Crippen molar-refractivity contribution in [1.29, 1.82) is 0 Å². The summed E-state index contributed by atoms with van der Waals surface area (Å²) in [6.45, 7) is 4.90. The minimum Gasteiger partial charge on any atom is -0.341 e. The van der Waals surface area contributed by atoms with E-state index >= 15 is 0 Å². The maximum Gasteiger partial charge on any atom is 0.317 e. The number of hydrogen-bond acceptors (Lipinski definition) is 2. The molecule has 1 fully saturated rings. The molecule has 15 heavy (non-hydrogen) atoms. The summed E-state index contributed by atoms with van der Waals surface area (Å²) in [4.78, 5) is 26.1. The van der Waals surface area contributed by atoms with Gasteiger partial charge in [-0.15, -0.1) is 0 Å². The molecule has 0 saturated carbocycles. The van der Waals surface area contributed by atoms with Gasteiger partial charge in [0.1, 0.15) is 0 Å². The van der Waals surface area contributed by atoms with E-state index in [0.717, 1.165) is 0 Å². The third-order valence-corrected chi connectivity index (χ3v) is 2.40. The summed E-state index contributed by atoms with van der Waals surface area (Å²) >= 11 is 0. The fourth-order valence-electron chi connectivity index (χ4n) is 1.53. The molecule has 86 valence electrons. The van der Waals surface area contributed by atoms with Gasteiger partial charge in [-0.25, -0.2) is 9.59 Å². The second-order valence-electron chi connectivity index (χ2n) is 3.36. The lowest BCUT2D eigenvalue weighted by atomic mass is 10.3. The van der Waals surface area contributed by atoms with Gasteiger partial charge in [0.25, 0.3) is 0 Å². The van der Waals surface area contributed by atoms with Crippen molar-refractivity contribution in [3.05, 3.63) is 0 Å². The molecule has 4 amide bonds. The van der Waals surface area contributed by atoms with E-state index in [0.29, 0.717) is 32.7 Å². The van der Waals surface area contributed by atoms with Gasteiger partial charge in [0, 0.05) is 39.8 Å². The lowest BCUT2D eigenvalue weighted by Gasteiger charge is -2.34. The molecule has 0 aliphatic carbocycles. The summed E-state index contributed by atoms with van der Waals surface area (Å²) in [6, 6.07) is -0.125. The van der Waals surface area contributed by atoms with Gasteiger partial charge in [-0.05, 0) is 6.92 Å². The fraction of sp³-hybridized carbons (Fsp3) is 0.778. The molecule has 6 heteroatoms. The smallest absolute Gasteiger partial charge is 0.317 e. The quantitative estimate of drug-likeness (QED) is 0.628. The van der Waals surface area contributed by atoms with Crippen LogP contribution in [0.3, 0.4) is 0 Å². The van der Waals surface area contributed by atoms with Crippen molar-refractivity contribution in [2.45, 2.75) is 6.92 Å². The average Bonchev–Trinajstić information content (AvgIpc) is 2.28. The Morgan fingerprint density at radius 3 is 1.93 bits per heavy atom. The van der Waals surface area contributed by atoms with Crippen LogP contribution in [0.15, 0.2) is 0 Å². The van der Waals surface area contributed by atoms with Gasteiger partial charge in [-0.2, -0.15) is 0 Å². The zero-order valence-electron chi connectivity index (χ0n) is 9.25. The minimum absolute atomic E-state index is 0.0472. The van der Waals surface area contributed by atoms with E-state index in [2.05, 4.69) is 10.6 Å². The molecule has 0 spiro atoms. The zero-order chi connectivity index (χ0) is 11.3. The highest BCUT2D eigenvalue weighted by molar-refractivity contribution is 5.76. The van der Waals surface area contributed by atoms with Crippen LogP contribution in [0.1, 0.15) is 6.92 Å². The van der Waals surface area contributed by atoms with Crippen LogP contribution in [0.2, 0.25) is 0 Å². The van der Waals surface area contributed by atoms with Gasteiger partial charge < -0.3 is 20.4 Å². The van der Waals surface area contributed by atoms with Gasteiger partial charge in [-0.3, -0.25) is 0 Å². The number of carbonyl (C=O) groups excluding carboxylic acids is 2. The molecule has 1 heterocycles. The van der Waals surface area contributed by atoms with Crippen molar-refractivity contribution in [2.24, 2.45) is 0 Å². The lowest BCUT2D eigenvalue weighted by molar-refractivity contribution is 0.144. The maximum atomic E-state index is 11.4. The fourth-order valence-corrected chi connectivity index (χ4v) is 1.53. The van der Waals surface area contributed by atoms with E-state index in [4.69, 9.17) is 0 Å². The zero-order valence-corrected chi connectivity index (χ0v) is 9.25. The van der Waals surface area contributed by atoms with Crippen molar-refractivity contribution in [3.8, 4) is 0 Å². The number of nitrogens with zero attached hydrogens (tertiary/aromatic N) is 2. The van der Waals surface area contributed by atoms with Gasteiger partial charge in [-0.1, -0.05) is 0 Å². The molecule has 1 aliphatic rings. The summed E-state index contributed by atoms with van der Waals surface area (Å²) < 4.78 is 0. The molecule has 0 bridgehead atoms. The summed E-state index contributed by atoms with van der Waals surface area (Å²) in [5.41, 5.74) is 0. The largest absolute Gasteiger partial charge is 0.341 e. The Morgan fingerprint density at radius 2 is 1.53 bits per heavy atom. The number of piperazine rings is 1. The maximum absolute atomic E-state index is 11.4. The average molecular weight is 214 g/mol. The number of carbonyl (C=O) groups is 2. The Morgan fingerprint density at radius 1 is 1.07 bits per heavy atom. The number of nitrogens with one attached hydrogen (secondary N) is 2. The van der Waals surface area contributed by atoms with Crippen LogP contribution in [0.5, 0.6) is 0 Å². The molecule has 2 N–H and O–H groups in total. The van der Waals surface area contributed by atoms with Crippen molar-refractivity contribution in [2.75, 3.05) is 39.8 Å². The van der Waals surface area contributed by atoms with E-state index in [1.165, 1.54) is 0 Å². The molecule has 1 aliphatic heterocycles. The van der Waals surface area contributed by atoms with Crippen LogP contribution in [-0.4, -0.2) is 61.6 Å². The van der Waals surface area contributed by atoms with Gasteiger partial charge in [0.05, 0.1) is 0 Å². The first-order valence-electron chi connectivity index (χ1n) is 5.18. The molecule has 0 aromatic rings. The third kappa shape index (κ3) is 3.00. The van der Waals surface area contributed by atoms with E-state index < -0.39 is 0 Å². The number of rotatable bonds is 1. The highest BCUT2D eigenvalue weighted by atomic mass is 16.2. The molecule has 0 radical (unpaired) electrons. The van der Waals surface area contributed by atoms with Crippen LogP contribution in [0.25, 0.3) is 0 Å². The standard InChI is InChI=1S/C9H18N4O2/c1-3-11-9(15)13-6-4-12(5-7-13)8(14)10-2/h3-7H2,1-2H3,(H,10,14)(H,11,15). The second-order valence-corrected chi connectivity index (χ2v) is 3.36. The van der Waals surface area contributed by atoms with E-state index in [1.54, 1.807) is 16.8 Å². The van der Waals surface area contributed by atoms with E-state index in [-0.39, 0.29) is 12.1 Å². The van der Waals surface area contributed by atoms with Crippen LogP contribution in [0.4, 0.5) is 9.59 Å². The lowest BCUT2D eigenvalue weighted by Crippen LogP contribution is -2.54. The van der Waals surface area contributed by atoms with Crippen LogP contribution >= 0.6 is 0 Å². The third-order valence-electron chi connectivity index (χ3n) is 2.40. The molecular weight excluding hydrogens is 196 g/mol. The first kappa shape index (κ1) is 11.6. The summed E-state index contributed by atoms with van der Waals surface area (Å²) in [7, 11) is 1.61. The van der Waals surface area contributed by atoms with Crippen molar-refractivity contribution >= 4 is 12.1 Å². The Kier molecular flexibility index (Phi) is 4.20. The van der Waals surface area contributed by atoms with Gasteiger partial charge in [0.15, 0.2) is 0 Å². The van der Waals surface area contributed by atoms with Gasteiger partial charge >= 0.3 is 12.1 Å². The Bertz CT molecular complexity index is 236. The SMILES string of the molecule is CCNC(=O)N1CCN(C(=O)NC)CC1. The molecular formula is C9H18N4O2. The van der Waals surface area contributed by atoms with Gasteiger partial charge in [0.2, 0.25) is 0 Å². The second kappa shape index (κ2) is 5.43. The predicted octanol–water partition coefficient (Wildman–Crippen LogP) is -0.327. The molecule has 0 unspecified atom stereocenters. The Hall–Kier alpha value is -1.46. The monoisotopic (exact) mass is 214 g/mol.